The molecule has 1 aromatic carbocycles. The van der Waals surface area contributed by atoms with E-state index in [4.69, 9.17) is 9.84 Å². The zero-order chi connectivity index (χ0) is 19.4. The molecular formula is C17H18N2O7. The topological polar surface area (TPSA) is 130 Å². The van der Waals surface area contributed by atoms with Gasteiger partial charge in [0.1, 0.15) is 11.8 Å². The number of nitrogens with zero attached hydrogens (tertiary/aromatic N) is 1. The molecule has 1 atom stereocenters. The second kappa shape index (κ2) is 7.77. The van der Waals surface area contributed by atoms with Gasteiger partial charge in [-0.15, -0.1) is 0 Å². The second-order valence-corrected chi connectivity index (χ2v) is 5.34. The molecule has 2 aliphatic rings. The number of nitrogens with one attached hydrogen (secondary N) is 1. The van der Waals surface area contributed by atoms with Crippen molar-refractivity contribution >= 4 is 29.6 Å². The zero-order valence-electron chi connectivity index (χ0n) is 14.3. The Balaban J connectivity index is 0.00000117. The average Bonchev–Trinajstić information content (AvgIpc) is 2.86. The van der Waals surface area contributed by atoms with E-state index >= 15 is 0 Å². The number of benzene rings is 1. The van der Waals surface area contributed by atoms with Crippen molar-refractivity contribution in [1.29, 1.82) is 0 Å². The lowest BCUT2D eigenvalue weighted by Crippen LogP contribution is -2.54. The fourth-order valence-electron chi connectivity index (χ4n) is 2.68. The molecule has 4 amide bonds. The number of ether oxygens (including phenoxy) is 1. The SMILES string of the molecule is CC.O=C(O)COc1ccc2c(c1)C(=O)N(C1CCC(=O)NC1=O)C2=O. The number of rotatable bonds is 4. The van der Waals surface area contributed by atoms with E-state index in [1.807, 2.05) is 13.8 Å². The Morgan fingerprint density at radius 1 is 1.19 bits per heavy atom. The largest absolute Gasteiger partial charge is 0.482 e. The molecule has 0 radical (unpaired) electrons. The molecule has 0 saturated carbocycles. The number of piperidine rings is 1. The Morgan fingerprint density at radius 2 is 1.85 bits per heavy atom. The number of imide groups is 2. The van der Waals surface area contributed by atoms with Crippen molar-refractivity contribution in [2.75, 3.05) is 6.61 Å². The van der Waals surface area contributed by atoms with Gasteiger partial charge in [0.25, 0.3) is 11.8 Å². The molecule has 1 unspecified atom stereocenters. The second-order valence-electron chi connectivity index (χ2n) is 5.34. The molecule has 1 saturated heterocycles. The summed E-state index contributed by atoms with van der Waals surface area (Å²) in [5, 5.41) is 10.7. The highest BCUT2D eigenvalue weighted by Gasteiger charge is 2.44. The van der Waals surface area contributed by atoms with E-state index in [0.29, 0.717) is 0 Å². The Hall–Kier alpha value is -3.23. The van der Waals surface area contributed by atoms with Gasteiger partial charge in [-0.1, -0.05) is 13.8 Å². The molecule has 138 valence electrons. The summed E-state index contributed by atoms with van der Waals surface area (Å²) in [5.41, 5.74) is 0.139. The standard InChI is InChI=1S/C15H12N2O7.C2H6/c18-11-4-3-10(13(21)16-11)17-14(22)8-2-1-7(24-6-12(19)20)5-9(8)15(17)23;1-2/h1-2,5,10H,3-4,6H2,(H,19,20)(H,16,18,21);1-2H3. The molecule has 2 aliphatic heterocycles. The first-order valence-corrected chi connectivity index (χ1v) is 8.08. The number of hydrogen-bond acceptors (Lipinski definition) is 6. The van der Waals surface area contributed by atoms with Crippen molar-refractivity contribution in [2.24, 2.45) is 0 Å². The van der Waals surface area contributed by atoms with Crippen LogP contribution in [0.25, 0.3) is 0 Å². The highest BCUT2D eigenvalue weighted by Crippen LogP contribution is 2.30. The maximum atomic E-state index is 12.5. The Labute approximate surface area is 148 Å². The van der Waals surface area contributed by atoms with Gasteiger partial charge in [-0.3, -0.25) is 29.4 Å². The Morgan fingerprint density at radius 3 is 2.46 bits per heavy atom. The quantitative estimate of drug-likeness (QED) is 0.749. The van der Waals surface area contributed by atoms with E-state index in [-0.39, 0.29) is 29.7 Å². The first-order valence-electron chi connectivity index (χ1n) is 8.08. The lowest BCUT2D eigenvalue weighted by Gasteiger charge is -2.27. The minimum absolute atomic E-state index is 0.0348. The molecule has 2 N–H and O–H groups in total. The van der Waals surface area contributed by atoms with Crippen LogP contribution in [0.5, 0.6) is 5.75 Å². The van der Waals surface area contributed by atoms with Crippen LogP contribution in [0.4, 0.5) is 0 Å². The maximum Gasteiger partial charge on any atom is 0.341 e. The number of hydrogen-bond donors (Lipinski definition) is 2. The summed E-state index contributed by atoms with van der Waals surface area (Å²) in [4.78, 5) is 59.4. The number of aliphatic carboxylic acids is 1. The first-order chi connectivity index (χ1) is 12.4. The minimum Gasteiger partial charge on any atom is -0.482 e. The first kappa shape index (κ1) is 19.1. The summed E-state index contributed by atoms with van der Waals surface area (Å²) in [6.07, 6.45) is 0.106. The monoisotopic (exact) mass is 362 g/mol. The molecule has 1 aromatic rings. The smallest absolute Gasteiger partial charge is 0.341 e. The van der Waals surface area contributed by atoms with E-state index in [9.17, 15) is 24.0 Å². The predicted octanol–water partition coefficient (Wildman–Crippen LogP) is 0.577. The summed E-state index contributed by atoms with van der Waals surface area (Å²) in [7, 11) is 0. The van der Waals surface area contributed by atoms with Crippen LogP contribution in [0.1, 0.15) is 47.4 Å². The molecule has 1 fully saturated rings. The van der Waals surface area contributed by atoms with Gasteiger partial charge in [0.2, 0.25) is 11.8 Å². The third-order valence-electron chi connectivity index (χ3n) is 3.77. The Bertz CT molecular complexity index is 787. The zero-order valence-corrected chi connectivity index (χ0v) is 14.3. The molecule has 26 heavy (non-hydrogen) atoms. The van der Waals surface area contributed by atoms with E-state index < -0.39 is 42.2 Å². The third kappa shape index (κ3) is 3.56. The van der Waals surface area contributed by atoms with Gasteiger partial charge in [-0.25, -0.2) is 4.79 Å². The van der Waals surface area contributed by atoms with Crippen LogP contribution in [0.2, 0.25) is 0 Å². The predicted molar refractivity (Wildman–Crippen MR) is 87.6 cm³/mol. The number of carbonyl (C=O) groups is 5. The number of fused-ring (bicyclic) bond motifs is 1. The van der Waals surface area contributed by atoms with E-state index in [1.165, 1.54) is 18.2 Å². The molecular weight excluding hydrogens is 344 g/mol. The van der Waals surface area contributed by atoms with Crippen LogP contribution < -0.4 is 10.1 Å². The van der Waals surface area contributed by atoms with E-state index in [0.717, 1.165) is 4.90 Å². The van der Waals surface area contributed by atoms with Crippen LogP contribution >= 0.6 is 0 Å². The van der Waals surface area contributed by atoms with E-state index in [1.54, 1.807) is 0 Å². The van der Waals surface area contributed by atoms with Gasteiger partial charge < -0.3 is 9.84 Å². The van der Waals surface area contributed by atoms with E-state index in [2.05, 4.69) is 5.32 Å². The summed E-state index contributed by atoms with van der Waals surface area (Å²) in [6.45, 7) is 3.41. The van der Waals surface area contributed by atoms with Crippen molar-refractivity contribution in [1.82, 2.24) is 10.2 Å². The van der Waals surface area contributed by atoms with Gasteiger partial charge in [0.15, 0.2) is 6.61 Å². The molecule has 3 rings (SSSR count). The summed E-state index contributed by atoms with van der Waals surface area (Å²) in [6, 6.07) is 2.95. The lowest BCUT2D eigenvalue weighted by molar-refractivity contribution is -0.139. The summed E-state index contributed by atoms with van der Waals surface area (Å²) >= 11 is 0. The molecule has 0 aromatic heterocycles. The van der Waals surface area contributed by atoms with Gasteiger partial charge in [0, 0.05) is 6.42 Å². The number of carboxylic acids is 1. The van der Waals surface area contributed by atoms with Crippen LogP contribution in [0.3, 0.4) is 0 Å². The molecule has 0 bridgehead atoms. The average molecular weight is 362 g/mol. The van der Waals surface area contributed by atoms with Crippen LogP contribution in [-0.4, -0.2) is 52.3 Å². The molecule has 2 heterocycles. The minimum atomic E-state index is -1.18. The molecule has 9 heteroatoms. The van der Waals surface area contributed by atoms with Crippen molar-refractivity contribution < 1.29 is 33.8 Å². The maximum absolute atomic E-state index is 12.5. The number of amides is 4. The number of carboxylic acid groups (broad SMARTS) is 1. The van der Waals surface area contributed by atoms with Gasteiger partial charge in [0.05, 0.1) is 11.1 Å². The van der Waals surface area contributed by atoms with Gasteiger partial charge >= 0.3 is 5.97 Å². The van der Waals surface area contributed by atoms with Crippen LogP contribution in [0.15, 0.2) is 18.2 Å². The van der Waals surface area contributed by atoms with Crippen molar-refractivity contribution in [3.63, 3.8) is 0 Å². The van der Waals surface area contributed by atoms with Crippen LogP contribution in [0, 0.1) is 0 Å². The highest BCUT2D eigenvalue weighted by molar-refractivity contribution is 6.23. The van der Waals surface area contributed by atoms with Crippen molar-refractivity contribution in [3.05, 3.63) is 29.3 Å². The van der Waals surface area contributed by atoms with Crippen molar-refractivity contribution in [2.45, 2.75) is 32.7 Å². The van der Waals surface area contributed by atoms with Crippen LogP contribution in [-0.2, 0) is 14.4 Å². The fourth-order valence-corrected chi connectivity index (χ4v) is 2.68. The molecule has 9 nitrogen and oxygen atoms in total. The Kier molecular flexibility index (Phi) is 5.71. The van der Waals surface area contributed by atoms with Gasteiger partial charge in [-0.2, -0.15) is 0 Å². The van der Waals surface area contributed by atoms with Crippen molar-refractivity contribution in [3.8, 4) is 5.75 Å². The third-order valence-corrected chi connectivity index (χ3v) is 3.77. The normalized spacial score (nSPS) is 18.7. The highest BCUT2D eigenvalue weighted by atomic mass is 16.5. The molecule has 0 aliphatic carbocycles. The lowest BCUT2D eigenvalue weighted by atomic mass is 10.0. The fraction of sp³-hybridized carbons (Fsp3) is 0.353. The summed E-state index contributed by atoms with van der Waals surface area (Å²) < 4.78 is 4.99. The number of carbonyl (C=O) groups excluding carboxylic acids is 4. The summed E-state index contributed by atoms with van der Waals surface area (Å²) in [5.74, 6) is -3.50. The molecule has 0 spiro atoms. The van der Waals surface area contributed by atoms with Gasteiger partial charge in [-0.05, 0) is 24.6 Å².